The van der Waals surface area contributed by atoms with E-state index in [2.05, 4.69) is 0 Å². The molecule has 2 aromatic carbocycles. The average molecular weight is 352 g/mol. The molecule has 0 radical (unpaired) electrons. The van der Waals surface area contributed by atoms with Crippen LogP contribution in [-0.2, 0) is 25.5 Å². The Hall–Kier alpha value is -3.48. The second kappa shape index (κ2) is 5.80. The van der Waals surface area contributed by atoms with Gasteiger partial charge in [0.05, 0.1) is 30.6 Å². The fourth-order valence-corrected chi connectivity index (χ4v) is 3.24. The van der Waals surface area contributed by atoms with Gasteiger partial charge in [0.2, 0.25) is 0 Å². The Morgan fingerprint density at radius 3 is 2.42 bits per heavy atom. The van der Waals surface area contributed by atoms with E-state index in [-0.39, 0.29) is 6.42 Å². The topological polar surface area (TPSA) is 91.1 Å². The molecule has 2 heterocycles. The van der Waals surface area contributed by atoms with E-state index in [9.17, 15) is 9.59 Å². The monoisotopic (exact) mass is 352 g/mol. The maximum absolute atomic E-state index is 12.1. The molecule has 1 spiro atoms. The van der Waals surface area contributed by atoms with Crippen LogP contribution in [0.15, 0.2) is 54.6 Å². The number of rotatable bonds is 2. The maximum atomic E-state index is 12.1. The van der Waals surface area contributed by atoms with Gasteiger partial charge in [0.1, 0.15) is 5.75 Å². The van der Waals surface area contributed by atoms with Crippen LogP contribution in [-0.4, -0.2) is 25.0 Å². The van der Waals surface area contributed by atoms with E-state index in [4.69, 9.17) is 19.9 Å². The minimum Gasteiger partial charge on any atom is -0.497 e. The molecule has 4 rings (SSSR count). The van der Waals surface area contributed by atoms with Gasteiger partial charge in [-0.05, 0) is 23.8 Å². The number of esters is 2. The number of nitrogens with zero attached hydrogens (tertiary/aromatic N) is 1. The van der Waals surface area contributed by atoms with Crippen molar-refractivity contribution in [3.8, 4) is 5.75 Å². The van der Waals surface area contributed by atoms with E-state index < -0.39 is 17.8 Å². The summed E-state index contributed by atoms with van der Waals surface area (Å²) in [7, 11) is 1.54. The van der Waals surface area contributed by atoms with E-state index in [1.165, 1.54) is 0 Å². The highest BCUT2D eigenvalue weighted by Crippen LogP contribution is 2.48. The predicted octanol–water partition coefficient (Wildman–Crippen LogP) is 2.28. The van der Waals surface area contributed by atoms with Gasteiger partial charge in [-0.2, -0.15) is 0 Å². The SMILES string of the molecule is COc1ccc(N)c(N2c3ccccc3CC23OC(=O)C=CC(=O)O3)c1. The van der Waals surface area contributed by atoms with Gasteiger partial charge in [-0.3, -0.25) is 4.90 Å². The molecule has 132 valence electrons. The summed E-state index contributed by atoms with van der Waals surface area (Å²) in [5.74, 6) is -2.43. The first-order valence-electron chi connectivity index (χ1n) is 7.98. The van der Waals surface area contributed by atoms with Crippen LogP contribution in [0.2, 0.25) is 0 Å². The lowest BCUT2D eigenvalue weighted by atomic mass is 10.1. The van der Waals surface area contributed by atoms with Crippen molar-refractivity contribution in [2.24, 2.45) is 0 Å². The highest BCUT2D eigenvalue weighted by molar-refractivity contribution is 5.95. The van der Waals surface area contributed by atoms with Crippen molar-refractivity contribution in [2.45, 2.75) is 12.3 Å². The quantitative estimate of drug-likeness (QED) is 0.655. The zero-order valence-electron chi connectivity index (χ0n) is 14.0. The molecule has 0 amide bonds. The molecule has 0 unspecified atom stereocenters. The molecule has 7 heteroatoms. The van der Waals surface area contributed by atoms with Crippen molar-refractivity contribution in [1.29, 1.82) is 0 Å². The van der Waals surface area contributed by atoms with Gasteiger partial charge in [0.25, 0.3) is 0 Å². The second-order valence-corrected chi connectivity index (χ2v) is 5.95. The smallest absolute Gasteiger partial charge is 0.351 e. The van der Waals surface area contributed by atoms with Crippen molar-refractivity contribution in [2.75, 3.05) is 17.7 Å². The largest absolute Gasteiger partial charge is 0.497 e. The lowest BCUT2D eigenvalue weighted by molar-refractivity contribution is -0.214. The Bertz CT molecular complexity index is 917. The number of ether oxygens (including phenoxy) is 3. The van der Waals surface area contributed by atoms with Crippen LogP contribution in [0.5, 0.6) is 5.75 Å². The highest BCUT2D eigenvalue weighted by Gasteiger charge is 2.52. The number of carbonyl (C=O) groups is 2. The van der Waals surface area contributed by atoms with E-state index in [0.29, 0.717) is 17.1 Å². The van der Waals surface area contributed by atoms with Crippen LogP contribution in [0.3, 0.4) is 0 Å². The summed E-state index contributed by atoms with van der Waals surface area (Å²) in [6.45, 7) is 0. The number of methoxy groups -OCH3 is 1. The Morgan fingerprint density at radius 1 is 1.04 bits per heavy atom. The highest BCUT2D eigenvalue weighted by atomic mass is 16.8. The van der Waals surface area contributed by atoms with Crippen LogP contribution in [0, 0.1) is 0 Å². The minimum atomic E-state index is -1.65. The number of nitrogen functional groups attached to an aromatic ring is 1. The zero-order valence-corrected chi connectivity index (χ0v) is 14.0. The summed E-state index contributed by atoms with van der Waals surface area (Å²) >= 11 is 0. The molecular weight excluding hydrogens is 336 g/mol. The first-order chi connectivity index (χ1) is 12.5. The molecule has 0 fully saturated rings. The van der Waals surface area contributed by atoms with E-state index >= 15 is 0 Å². The summed E-state index contributed by atoms with van der Waals surface area (Å²) in [6, 6.07) is 12.6. The Labute approximate surface area is 149 Å². The summed E-state index contributed by atoms with van der Waals surface area (Å²) < 4.78 is 16.4. The molecule has 7 nitrogen and oxygen atoms in total. The molecule has 2 aliphatic rings. The predicted molar refractivity (Wildman–Crippen MR) is 93.7 cm³/mol. The van der Waals surface area contributed by atoms with Crippen LogP contribution in [0.25, 0.3) is 0 Å². The number of nitrogens with two attached hydrogens (primary N) is 1. The van der Waals surface area contributed by atoms with Gasteiger partial charge in [0, 0.05) is 18.2 Å². The molecule has 26 heavy (non-hydrogen) atoms. The molecule has 0 saturated heterocycles. The lowest BCUT2D eigenvalue weighted by Crippen LogP contribution is -2.50. The molecule has 0 saturated carbocycles. The Morgan fingerprint density at radius 2 is 1.73 bits per heavy atom. The van der Waals surface area contributed by atoms with Crippen molar-refractivity contribution in [3.05, 3.63) is 60.2 Å². The molecule has 0 atom stereocenters. The van der Waals surface area contributed by atoms with Crippen LogP contribution in [0.1, 0.15) is 5.56 Å². The van der Waals surface area contributed by atoms with Gasteiger partial charge >= 0.3 is 17.8 Å². The third-order valence-corrected chi connectivity index (χ3v) is 4.34. The van der Waals surface area contributed by atoms with Gasteiger partial charge in [-0.25, -0.2) is 9.59 Å². The van der Waals surface area contributed by atoms with Crippen molar-refractivity contribution < 1.29 is 23.8 Å². The van der Waals surface area contributed by atoms with Crippen LogP contribution in [0.4, 0.5) is 17.1 Å². The number of hydrogen-bond acceptors (Lipinski definition) is 7. The van der Waals surface area contributed by atoms with Gasteiger partial charge in [-0.15, -0.1) is 0 Å². The molecule has 2 aromatic rings. The Balaban J connectivity index is 1.93. The first kappa shape index (κ1) is 16.0. The number of benzene rings is 2. The van der Waals surface area contributed by atoms with Crippen LogP contribution < -0.4 is 15.4 Å². The minimum absolute atomic E-state index is 0.180. The van der Waals surface area contributed by atoms with E-state index in [1.807, 2.05) is 24.3 Å². The Kier molecular flexibility index (Phi) is 3.57. The van der Waals surface area contributed by atoms with Crippen molar-refractivity contribution in [3.63, 3.8) is 0 Å². The lowest BCUT2D eigenvalue weighted by Gasteiger charge is -2.37. The summed E-state index contributed by atoms with van der Waals surface area (Å²) in [5.41, 5.74) is 8.71. The average Bonchev–Trinajstić information content (AvgIpc) is 2.84. The molecule has 2 N–H and O–H groups in total. The molecule has 0 aromatic heterocycles. The summed E-state index contributed by atoms with van der Waals surface area (Å²) in [5, 5.41) is 0. The number of hydrogen-bond donors (Lipinski definition) is 1. The fraction of sp³-hybridized carbons (Fsp3) is 0.158. The number of anilines is 3. The number of para-hydroxylation sites is 1. The standard InChI is InChI=1S/C19H16N2O5/c1-24-13-6-7-14(20)16(10-13)21-15-5-3-2-4-12(15)11-19(21)25-17(22)8-9-18(23)26-19/h2-10H,11,20H2,1H3. The van der Waals surface area contributed by atoms with Gasteiger partial charge in [-0.1, -0.05) is 18.2 Å². The van der Waals surface area contributed by atoms with E-state index in [1.54, 1.807) is 30.2 Å². The van der Waals surface area contributed by atoms with Gasteiger partial charge in [0.15, 0.2) is 0 Å². The molecule has 2 aliphatic heterocycles. The zero-order chi connectivity index (χ0) is 18.3. The third-order valence-electron chi connectivity index (χ3n) is 4.34. The molecule has 0 aliphatic carbocycles. The van der Waals surface area contributed by atoms with E-state index in [0.717, 1.165) is 23.4 Å². The van der Waals surface area contributed by atoms with Crippen molar-refractivity contribution >= 4 is 29.0 Å². The third kappa shape index (κ3) is 2.45. The number of carbonyl (C=O) groups excluding carboxylic acids is 2. The summed E-state index contributed by atoms with van der Waals surface area (Å²) in [6.07, 6.45) is 2.28. The van der Waals surface area contributed by atoms with Gasteiger partial charge < -0.3 is 19.9 Å². The maximum Gasteiger partial charge on any atom is 0.351 e. The normalized spacial score (nSPS) is 17.5. The number of fused-ring (bicyclic) bond motifs is 1. The second-order valence-electron chi connectivity index (χ2n) is 5.95. The molecule has 0 bridgehead atoms. The van der Waals surface area contributed by atoms with Crippen molar-refractivity contribution in [1.82, 2.24) is 0 Å². The first-order valence-corrected chi connectivity index (χ1v) is 7.98. The summed E-state index contributed by atoms with van der Waals surface area (Å²) in [4.78, 5) is 25.8. The fourth-order valence-electron chi connectivity index (χ4n) is 3.24. The molecular formula is C19H16N2O5. The van der Waals surface area contributed by atoms with Crippen LogP contribution >= 0.6 is 0 Å².